The molecule has 2 aromatic carbocycles. The highest BCUT2D eigenvalue weighted by Gasteiger charge is 2.42. The SMILES string of the molecule is Cc1cc(-c2ccc(Cl)cc2NC(=O)OC(=O)C(F)(F)F)ccc1F. The van der Waals surface area contributed by atoms with Gasteiger partial charge < -0.3 is 4.74 Å². The highest BCUT2D eigenvalue weighted by atomic mass is 35.5. The Morgan fingerprint density at radius 2 is 1.80 bits per heavy atom. The summed E-state index contributed by atoms with van der Waals surface area (Å²) in [5.41, 5.74) is 1.16. The highest BCUT2D eigenvalue weighted by Crippen LogP contribution is 2.32. The van der Waals surface area contributed by atoms with E-state index in [-0.39, 0.29) is 10.7 Å². The van der Waals surface area contributed by atoms with Gasteiger partial charge >= 0.3 is 18.2 Å². The van der Waals surface area contributed by atoms with E-state index in [1.54, 1.807) is 0 Å². The van der Waals surface area contributed by atoms with Crippen molar-refractivity contribution in [1.29, 1.82) is 0 Å². The average Bonchev–Trinajstić information content (AvgIpc) is 2.49. The first-order valence-corrected chi connectivity index (χ1v) is 7.12. The first-order chi connectivity index (χ1) is 11.6. The molecule has 0 aliphatic carbocycles. The Hall–Kier alpha value is -2.61. The summed E-state index contributed by atoms with van der Waals surface area (Å²) in [6.07, 6.45) is -6.92. The molecule has 0 heterocycles. The molecular weight excluding hydrogens is 366 g/mol. The Labute approximate surface area is 144 Å². The van der Waals surface area contributed by atoms with E-state index in [1.165, 1.54) is 43.3 Å². The number of benzene rings is 2. The van der Waals surface area contributed by atoms with Crippen LogP contribution in [0.2, 0.25) is 5.02 Å². The monoisotopic (exact) mass is 375 g/mol. The molecule has 9 heteroatoms. The number of halogens is 5. The molecule has 1 N–H and O–H groups in total. The maximum absolute atomic E-state index is 13.4. The van der Waals surface area contributed by atoms with Gasteiger partial charge in [0.05, 0.1) is 5.69 Å². The second-order valence-corrected chi connectivity index (χ2v) is 5.39. The molecule has 2 rings (SSSR count). The Kier molecular flexibility index (Phi) is 5.32. The van der Waals surface area contributed by atoms with Crippen molar-refractivity contribution in [3.05, 3.63) is 52.8 Å². The van der Waals surface area contributed by atoms with Crippen molar-refractivity contribution in [3.63, 3.8) is 0 Å². The number of hydrogen-bond donors (Lipinski definition) is 1. The first kappa shape index (κ1) is 18.7. The van der Waals surface area contributed by atoms with Gasteiger partial charge in [-0.15, -0.1) is 0 Å². The zero-order valence-corrected chi connectivity index (χ0v) is 13.3. The lowest BCUT2D eigenvalue weighted by molar-refractivity contribution is -0.192. The summed E-state index contributed by atoms with van der Waals surface area (Å²) >= 11 is 5.82. The summed E-state index contributed by atoms with van der Waals surface area (Å²) < 4.78 is 53.4. The smallest absolute Gasteiger partial charge is 0.369 e. The average molecular weight is 376 g/mol. The number of anilines is 1. The lowest BCUT2D eigenvalue weighted by Gasteiger charge is -2.13. The third-order valence-corrected chi connectivity index (χ3v) is 3.34. The van der Waals surface area contributed by atoms with Gasteiger partial charge in [-0.3, -0.25) is 5.32 Å². The molecule has 0 saturated heterocycles. The van der Waals surface area contributed by atoms with E-state index >= 15 is 0 Å². The zero-order chi connectivity index (χ0) is 18.8. The summed E-state index contributed by atoms with van der Waals surface area (Å²) in [5, 5.41) is 2.21. The fourth-order valence-corrected chi connectivity index (χ4v) is 2.13. The second-order valence-electron chi connectivity index (χ2n) is 4.95. The van der Waals surface area contributed by atoms with Gasteiger partial charge in [-0.05, 0) is 42.3 Å². The number of carbonyl (C=O) groups is 2. The molecule has 25 heavy (non-hydrogen) atoms. The van der Waals surface area contributed by atoms with Gasteiger partial charge in [-0.2, -0.15) is 13.2 Å². The lowest BCUT2D eigenvalue weighted by Crippen LogP contribution is -2.30. The third kappa shape index (κ3) is 4.69. The normalized spacial score (nSPS) is 11.1. The number of esters is 1. The number of carbonyl (C=O) groups excluding carboxylic acids is 2. The molecule has 0 atom stereocenters. The van der Waals surface area contributed by atoms with E-state index in [0.717, 1.165) is 0 Å². The molecule has 4 nitrogen and oxygen atoms in total. The maximum atomic E-state index is 13.4. The zero-order valence-electron chi connectivity index (χ0n) is 12.6. The molecular formula is C16H10ClF4NO3. The number of amides is 1. The van der Waals surface area contributed by atoms with Gasteiger partial charge in [-0.1, -0.05) is 23.7 Å². The van der Waals surface area contributed by atoms with E-state index in [1.807, 2.05) is 5.32 Å². The number of alkyl halides is 3. The van der Waals surface area contributed by atoms with Crippen molar-refractivity contribution in [2.24, 2.45) is 0 Å². The predicted molar refractivity (Wildman–Crippen MR) is 82.7 cm³/mol. The Morgan fingerprint density at radius 3 is 2.40 bits per heavy atom. The molecule has 0 aliphatic heterocycles. The molecule has 0 aromatic heterocycles. The molecule has 132 valence electrons. The van der Waals surface area contributed by atoms with Crippen LogP contribution >= 0.6 is 11.6 Å². The van der Waals surface area contributed by atoms with Gasteiger partial charge in [-0.25, -0.2) is 14.0 Å². The Morgan fingerprint density at radius 1 is 1.12 bits per heavy atom. The van der Waals surface area contributed by atoms with Crippen molar-refractivity contribution < 1.29 is 31.9 Å². The van der Waals surface area contributed by atoms with Gasteiger partial charge in [0.25, 0.3) is 0 Å². The van der Waals surface area contributed by atoms with Gasteiger partial charge in [0.1, 0.15) is 5.82 Å². The fraction of sp³-hybridized carbons (Fsp3) is 0.125. The highest BCUT2D eigenvalue weighted by molar-refractivity contribution is 6.31. The summed E-state index contributed by atoms with van der Waals surface area (Å²) in [6, 6.07) is 8.32. The van der Waals surface area contributed by atoms with Gasteiger partial charge in [0.15, 0.2) is 0 Å². The van der Waals surface area contributed by atoms with Crippen LogP contribution in [-0.2, 0) is 9.53 Å². The maximum Gasteiger partial charge on any atom is 0.491 e. The van der Waals surface area contributed by atoms with Gasteiger partial charge in [0, 0.05) is 10.6 Å². The Balaban J connectivity index is 2.31. The van der Waals surface area contributed by atoms with Crippen LogP contribution in [0.25, 0.3) is 11.1 Å². The predicted octanol–water partition coefficient (Wildman–Crippen LogP) is 5.09. The number of rotatable bonds is 2. The number of hydrogen-bond acceptors (Lipinski definition) is 3. The van der Waals surface area contributed by atoms with Gasteiger partial charge in [0.2, 0.25) is 0 Å². The third-order valence-electron chi connectivity index (χ3n) is 3.10. The van der Waals surface area contributed by atoms with E-state index in [4.69, 9.17) is 11.6 Å². The van der Waals surface area contributed by atoms with Crippen LogP contribution in [0.3, 0.4) is 0 Å². The van der Waals surface area contributed by atoms with Crippen molar-refractivity contribution >= 4 is 29.4 Å². The van der Waals surface area contributed by atoms with E-state index < -0.39 is 24.1 Å². The minimum Gasteiger partial charge on any atom is -0.369 e. The molecule has 0 spiro atoms. The quantitative estimate of drug-likeness (QED) is 0.452. The number of aryl methyl sites for hydroxylation is 1. The fourth-order valence-electron chi connectivity index (χ4n) is 1.96. The molecule has 0 unspecified atom stereocenters. The number of ether oxygens (including phenoxy) is 1. The minimum atomic E-state index is -5.30. The van der Waals surface area contributed by atoms with Crippen LogP contribution in [0.5, 0.6) is 0 Å². The van der Waals surface area contributed by atoms with Crippen LogP contribution in [0.15, 0.2) is 36.4 Å². The lowest BCUT2D eigenvalue weighted by atomic mass is 10.0. The van der Waals surface area contributed by atoms with Crippen molar-refractivity contribution in [2.75, 3.05) is 5.32 Å². The van der Waals surface area contributed by atoms with Crippen molar-refractivity contribution in [3.8, 4) is 11.1 Å². The van der Waals surface area contributed by atoms with Crippen molar-refractivity contribution in [2.45, 2.75) is 13.1 Å². The van der Waals surface area contributed by atoms with Crippen LogP contribution in [-0.4, -0.2) is 18.2 Å². The second kappa shape index (κ2) is 7.10. The van der Waals surface area contributed by atoms with Crippen LogP contribution in [0.1, 0.15) is 5.56 Å². The van der Waals surface area contributed by atoms with E-state index in [0.29, 0.717) is 16.7 Å². The summed E-state index contributed by atoms with van der Waals surface area (Å²) in [6.45, 7) is 1.53. The first-order valence-electron chi connectivity index (χ1n) is 6.74. The van der Waals surface area contributed by atoms with E-state index in [9.17, 15) is 27.2 Å². The molecule has 0 fully saturated rings. The summed E-state index contributed by atoms with van der Waals surface area (Å²) in [7, 11) is 0. The van der Waals surface area contributed by atoms with E-state index in [2.05, 4.69) is 4.74 Å². The minimum absolute atomic E-state index is 0.00140. The molecule has 2 aromatic rings. The summed E-state index contributed by atoms with van der Waals surface area (Å²) in [5.74, 6) is -3.09. The summed E-state index contributed by atoms with van der Waals surface area (Å²) in [4.78, 5) is 22.2. The topological polar surface area (TPSA) is 55.4 Å². The van der Waals surface area contributed by atoms with Crippen molar-refractivity contribution in [1.82, 2.24) is 0 Å². The standard InChI is InChI=1S/C16H10ClF4NO3/c1-8-6-9(2-5-12(8)18)11-4-3-10(17)7-13(11)22-15(24)25-14(23)16(19,20)21/h2-7H,1H3,(H,22,24). The van der Waals surface area contributed by atoms with Crippen LogP contribution < -0.4 is 5.32 Å². The van der Waals surface area contributed by atoms with Crippen LogP contribution in [0, 0.1) is 12.7 Å². The largest absolute Gasteiger partial charge is 0.491 e. The van der Waals surface area contributed by atoms with Crippen LogP contribution in [0.4, 0.5) is 28.0 Å². The Bertz CT molecular complexity index is 837. The number of nitrogens with one attached hydrogen (secondary N) is 1. The molecule has 1 amide bonds. The molecule has 0 bridgehead atoms. The molecule has 0 saturated carbocycles. The molecule has 0 radical (unpaired) electrons. The molecule has 0 aliphatic rings.